The van der Waals surface area contributed by atoms with Crippen molar-refractivity contribution in [2.45, 2.75) is 83.1 Å². The van der Waals surface area contributed by atoms with Crippen LogP contribution in [0.4, 0.5) is 0 Å². The maximum absolute atomic E-state index is 13.1. The number of carbonyl (C=O) groups is 2. The molecule has 4 nitrogen and oxygen atoms in total. The van der Waals surface area contributed by atoms with E-state index < -0.39 is 11.5 Å². The number of aliphatic carboxylic acids is 1. The molecule has 0 aromatic rings. The second kappa shape index (κ2) is 6.37. The Morgan fingerprint density at radius 2 is 1.52 bits per heavy atom. The first-order chi connectivity index (χ1) is 9.96. The maximum Gasteiger partial charge on any atom is 0.305 e. The SMILES string of the molecule is CCC1(C(=O)N(C)C2(CC(=O)O)CCCCC2)CCCC1. The first-order valence-electron chi connectivity index (χ1n) is 8.46. The van der Waals surface area contributed by atoms with Crippen LogP contribution in [0.1, 0.15) is 77.6 Å². The molecule has 2 aliphatic rings. The summed E-state index contributed by atoms with van der Waals surface area (Å²) in [6, 6.07) is 0. The second-order valence-corrected chi connectivity index (χ2v) is 7.06. The molecule has 0 aliphatic heterocycles. The summed E-state index contributed by atoms with van der Waals surface area (Å²) in [7, 11) is 1.85. The number of hydrogen-bond acceptors (Lipinski definition) is 2. The topological polar surface area (TPSA) is 57.6 Å². The molecule has 4 heteroatoms. The smallest absolute Gasteiger partial charge is 0.305 e. The first kappa shape index (κ1) is 16.3. The molecule has 2 saturated carbocycles. The molecule has 0 spiro atoms. The Morgan fingerprint density at radius 1 is 1.00 bits per heavy atom. The summed E-state index contributed by atoms with van der Waals surface area (Å²) in [5.41, 5.74) is -0.677. The predicted octanol–water partition coefficient (Wildman–Crippen LogP) is 3.59. The van der Waals surface area contributed by atoms with E-state index in [1.165, 1.54) is 0 Å². The third-order valence-electron chi connectivity index (χ3n) is 5.97. The number of hydrogen-bond donors (Lipinski definition) is 1. The normalized spacial score (nSPS) is 23.7. The lowest BCUT2D eigenvalue weighted by atomic mass is 9.75. The van der Waals surface area contributed by atoms with Gasteiger partial charge < -0.3 is 10.0 Å². The van der Waals surface area contributed by atoms with E-state index in [0.717, 1.165) is 64.2 Å². The molecule has 2 rings (SSSR count). The Bertz CT molecular complexity index is 393. The molecular weight excluding hydrogens is 266 g/mol. The van der Waals surface area contributed by atoms with E-state index in [9.17, 15) is 14.7 Å². The van der Waals surface area contributed by atoms with Gasteiger partial charge in [-0.15, -0.1) is 0 Å². The Balaban J connectivity index is 2.22. The van der Waals surface area contributed by atoms with Crippen LogP contribution in [0.15, 0.2) is 0 Å². The maximum atomic E-state index is 13.1. The van der Waals surface area contributed by atoms with Gasteiger partial charge in [0.05, 0.1) is 12.0 Å². The monoisotopic (exact) mass is 295 g/mol. The summed E-state index contributed by atoms with van der Waals surface area (Å²) < 4.78 is 0. The van der Waals surface area contributed by atoms with Crippen LogP contribution >= 0.6 is 0 Å². The molecule has 2 aliphatic carbocycles. The van der Waals surface area contributed by atoms with Crippen LogP contribution in [0.2, 0.25) is 0 Å². The lowest BCUT2D eigenvalue weighted by molar-refractivity contribution is -0.152. The zero-order valence-corrected chi connectivity index (χ0v) is 13.5. The van der Waals surface area contributed by atoms with E-state index in [1.54, 1.807) is 0 Å². The molecule has 2 fully saturated rings. The highest BCUT2D eigenvalue weighted by atomic mass is 16.4. The molecule has 21 heavy (non-hydrogen) atoms. The number of carboxylic acids is 1. The number of amides is 1. The van der Waals surface area contributed by atoms with Crippen molar-refractivity contribution in [3.63, 3.8) is 0 Å². The number of nitrogens with zero attached hydrogens (tertiary/aromatic N) is 1. The Kier molecular flexibility index (Phi) is 4.95. The third kappa shape index (κ3) is 3.09. The Morgan fingerprint density at radius 3 is 2.00 bits per heavy atom. The van der Waals surface area contributed by atoms with Gasteiger partial charge in [-0.25, -0.2) is 0 Å². The van der Waals surface area contributed by atoms with E-state index >= 15 is 0 Å². The van der Waals surface area contributed by atoms with Gasteiger partial charge >= 0.3 is 5.97 Å². The van der Waals surface area contributed by atoms with E-state index in [-0.39, 0.29) is 17.7 Å². The number of carboxylic acid groups (broad SMARTS) is 1. The number of carbonyl (C=O) groups excluding carboxylic acids is 1. The average Bonchev–Trinajstić information content (AvgIpc) is 2.96. The van der Waals surface area contributed by atoms with Crippen molar-refractivity contribution < 1.29 is 14.7 Å². The van der Waals surface area contributed by atoms with Crippen LogP contribution in [-0.4, -0.2) is 34.5 Å². The molecule has 0 atom stereocenters. The van der Waals surface area contributed by atoms with Gasteiger partial charge in [-0.1, -0.05) is 39.0 Å². The fourth-order valence-electron chi connectivity index (χ4n) is 4.46. The summed E-state index contributed by atoms with van der Waals surface area (Å²) in [5.74, 6) is -0.584. The van der Waals surface area contributed by atoms with Crippen LogP contribution in [0, 0.1) is 5.41 Å². The summed E-state index contributed by atoms with van der Waals surface area (Å²) in [5, 5.41) is 9.31. The van der Waals surface area contributed by atoms with Crippen LogP contribution < -0.4 is 0 Å². The van der Waals surface area contributed by atoms with Gasteiger partial charge in [0.25, 0.3) is 0 Å². The molecule has 0 unspecified atom stereocenters. The molecule has 0 aromatic heterocycles. The summed E-state index contributed by atoms with van der Waals surface area (Å²) in [4.78, 5) is 26.3. The van der Waals surface area contributed by atoms with Crippen LogP contribution in [0.3, 0.4) is 0 Å². The van der Waals surface area contributed by atoms with Crippen molar-refractivity contribution >= 4 is 11.9 Å². The lowest BCUT2D eigenvalue weighted by Crippen LogP contribution is -2.55. The van der Waals surface area contributed by atoms with Crippen LogP contribution in [-0.2, 0) is 9.59 Å². The minimum Gasteiger partial charge on any atom is -0.481 e. The molecular formula is C17H29NO3. The van der Waals surface area contributed by atoms with Crippen molar-refractivity contribution in [2.75, 3.05) is 7.05 Å². The van der Waals surface area contributed by atoms with Gasteiger partial charge in [-0.3, -0.25) is 9.59 Å². The zero-order chi connectivity index (χ0) is 15.5. The van der Waals surface area contributed by atoms with Crippen molar-refractivity contribution in [3.8, 4) is 0 Å². The van der Waals surface area contributed by atoms with Crippen molar-refractivity contribution in [1.29, 1.82) is 0 Å². The fraction of sp³-hybridized carbons (Fsp3) is 0.882. The molecule has 120 valence electrons. The minimum absolute atomic E-state index is 0.0923. The van der Waals surface area contributed by atoms with Crippen LogP contribution in [0.25, 0.3) is 0 Å². The van der Waals surface area contributed by atoms with Gasteiger partial charge in [-0.2, -0.15) is 0 Å². The standard InChI is InChI=1S/C17H29NO3/c1-3-16(9-7-8-10-16)15(21)18(2)17(13-14(19)20)11-5-4-6-12-17/h3-13H2,1-2H3,(H,19,20). The van der Waals surface area contributed by atoms with E-state index in [1.807, 2.05) is 11.9 Å². The number of rotatable bonds is 5. The Labute approximate surface area is 127 Å². The second-order valence-electron chi connectivity index (χ2n) is 7.06. The predicted molar refractivity (Wildman–Crippen MR) is 82.0 cm³/mol. The van der Waals surface area contributed by atoms with E-state index in [0.29, 0.717) is 0 Å². The zero-order valence-electron chi connectivity index (χ0n) is 13.5. The van der Waals surface area contributed by atoms with Gasteiger partial charge in [0.15, 0.2) is 0 Å². The quantitative estimate of drug-likeness (QED) is 0.843. The first-order valence-corrected chi connectivity index (χ1v) is 8.46. The molecule has 0 aromatic carbocycles. The van der Waals surface area contributed by atoms with Gasteiger partial charge in [0, 0.05) is 12.5 Å². The molecule has 1 N–H and O–H groups in total. The summed E-state index contributed by atoms with van der Waals surface area (Å²) in [6.45, 7) is 2.10. The molecule has 0 saturated heterocycles. The molecule has 0 bridgehead atoms. The van der Waals surface area contributed by atoms with E-state index in [2.05, 4.69) is 6.92 Å². The van der Waals surface area contributed by atoms with Crippen molar-refractivity contribution in [1.82, 2.24) is 4.90 Å². The average molecular weight is 295 g/mol. The highest BCUT2D eigenvalue weighted by Crippen LogP contribution is 2.45. The van der Waals surface area contributed by atoms with Crippen LogP contribution in [0.5, 0.6) is 0 Å². The third-order valence-corrected chi connectivity index (χ3v) is 5.97. The largest absolute Gasteiger partial charge is 0.481 e. The van der Waals surface area contributed by atoms with E-state index in [4.69, 9.17) is 0 Å². The van der Waals surface area contributed by atoms with Gasteiger partial charge in [-0.05, 0) is 32.1 Å². The summed E-state index contributed by atoms with van der Waals surface area (Å²) in [6.07, 6.45) is 10.0. The fourth-order valence-corrected chi connectivity index (χ4v) is 4.46. The minimum atomic E-state index is -0.784. The summed E-state index contributed by atoms with van der Waals surface area (Å²) >= 11 is 0. The van der Waals surface area contributed by atoms with Crippen molar-refractivity contribution in [2.24, 2.45) is 5.41 Å². The van der Waals surface area contributed by atoms with Crippen molar-refractivity contribution in [3.05, 3.63) is 0 Å². The van der Waals surface area contributed by atoms with Gasteiger partial charge in [0.1, 0.15) is 0 Å². The highest BCUT2D eigenvalue weighted by Gasteiger charge is 2.47. The molecule has 0 heterocycles. The Hall–Kier alpha value is -1.06. The lowest BCUT2D eigenvalue weighted by Gasteiger charge is -2.47. The molecule has 0 radical (unpaired) electrons. The molecule has 1 amide bonds. The van der Waals surface area contributed by atoms with Gasteiger partial charge in [0.2, 0.25) is 5.91 Å². The highest BCUT2D eigenvalue weighted by molar-refractivity contribution is 5.84.